The van der Waals surface area contributed by atoms with Crippen molar-refractivity contribution in [2.45, 2.75) is 58.0 Å². The number of H-pyrrole nitrogens is 1. The van der Waals surface area contributed by atoms with E-state index in [1.807, 2.05) is 30.5 Å². The number of piperidine rings is 2. The number of carbonyl (C=O) groups is 1. The quantitative estimate of drug-likeness (QED) is 0.779. The van der Waals surface area contributed by atoms with Gasteiger partial charge in [0.15, 0.2) is 0 Å². The van der Waals surface area contributed by atoms with Crippen molar-refractivity contribution in [2.24, 2.45) is 5.92 Å². The molecule has 0 saturated carbocycles. The van der Waals surface area contributed by atoms with Gasteiger partial charge in [0.2, 0.25) is 0 Å². The Morgan fingerprint density at radius 2 is 1.97 bits per heavy atom. The van der Waals surface area contributed by atoms with Crippen LogP contribution in [-0.2, 0) is 0 Å². The van der Waals surface area contributed by atoms with E-state index in [2.05, 4.69) is 33.9 Å². The number of aromatic nitrogens is 1. The lowest BCUT2D eigenvalue weighted by molar-refractivity contribution is 0.0528. The molecule has 0 spiro atoms. The summed E-state index contributed by atoms with van der Waals surface area (Å²) in [5, 5.41) is 4.46. The number of rotatable bonds is 6. The minimum absolute atomic E-state index is 0.0582. The first-order valence-electron chi connectivity index (χ1n) is 11.5. The van der Waals surface area contributed by atoms with Gasteiger partial charge in [0.1, 0.15) is 0 Å². The fourth-order valence-corrected chi connectivity index (χ4v) is 5.34. The van der Waals surface area contributed by atoms with E-state index in [-0.39, 0.29) is 11.9 Å². The number of amides is 1. The second kappa shape index (κ2) is 9.31. The zero-order valence-electron chi connectivity index (χ0n) is 18.0. The molecular formula is C24H36N4O. The number of benzene rings is 1. The Labute approximate surface area is 174 Å². The molecule has 158 valence electrons. The van der Waals surface area contributed by atoms with E-state index in [1.165, 1.54) is 38.9 Å². The van der Waals surface area contributed by atoms with E-state index >= 15 is 0 Å². The fraction of sp³-hybridized carbons (Fsp3) is 0.625. The Bertz CT molecular complexity index is 808. The van der Waals surface area contributed by atoms with E-state index in [1.54, 1.807) is 0 Å². The van der Waals surface area contributed by atoms with Crippen LogP contribution >= 0.6 is 0 Å². The van der Waals surface area contributed by atoms with Crippen LogP contribution in [0.25, 0.3) is 10.9 Å². The molecule has 0 bridgehead atoms. The van der Waals surface area contributed by atoms with Crippen LogP contribution in [0.2, 0.25) is 0 Å². The molecule has 5 nitrogen and oxygen atoms in total. The number of nitrogens with zero attached hydrogens (tertiary/aromatic N) is 2. The van der Waals surface area contributed by atoms with Gasteiger partial charge in [-0.15, -0.1) is 0 Å². The van der Waals surface area contributed by atoms with Crippen LogP contribution in [0.4, 0.5) is 0 Å². The molecule has 4 rings (SSSR count). The van der Waals surface area contributed by atoms with Gasteiger partial charge in [0.25, 0.3) is 5.91 Å². The normalized spacial score (nSPS) is 24.8. The minimum Gasteiger partial charge on any atom is -0.361 e. The highest BCUT2D eigenvalue weighted by Gasteiger charge is 2.34. The Morgan fingerprint density at radius 3 is 2.72 bits per heavy atom. The summed E-state index contributed by atoms with van der Waals surface area (Å²) in [4.78, 5) is 21.6. The SMILES string of the molecule is CCCN1CCC(N2CC[C@H](NC(=O)c3cccc4cc[nH]c34)[C@H](CC)C2)CC1. The van der Waals surface area contributed by atoms with Crippen molar-refractivity contribution in [3.8, 4) is 0 Å². The predicted molar refractivity (Wildman–Crippen MR) is 119 cm³/mol. The summed E-state index contributed by atoms with van der Waals surface area (Å²) in [6, 6.07) is 8.95. The molecule has 2 fully saturated rings. The van der Waals surface area contributed by atoms with Gasteiger partial charge in [-0.05, 0) is 63.4 Å². The Hall–Kier alpha value is -1.85. The second-order valence-corrected chi connectivity index (χ2v) is 8.85. The third kappa shape index (κ3) is 4.51. The molecule has 5 heteroatoms. The highest BCUT2D eigenvalue weighted by molar-refractivity contribution is 6.05. The molecule has 29 heavy (non-hydrogen) atoms. The Kier molecular flexibility index (Phi) is 6.56. The maximum atomic E-state index is 13.0. The number of likely N-dealkylation sites (tertiary alicyclic amines) is 2. The van der Waals surface area contributed by atoms with Gasteiger partial charge in [0, 0.05) is 36.8 Å². The largest absolute Gasteiger partial charge is 0.361 e. The summed E-state index contributed by atoms with van der Waals surface area (Å²) in [5.41, 5.74) is 1.70. The Morgan fingerprint density at radius 1 is 1.14 bits per heavy atom. The van der Waals surface area contributed by atoms with Crippen LogP contribution in [0.15, 0.2) is 30.5 Å². The molecule has 2 saturated heterocycles. The van der Waals surface area contributed by atoms with Crippen molar-refractivity contribution in [3.05, 3.63) is 36.0 Å². The third-order valence-electron chi connectivity index (χ3n) is 7.05. The molecule has 2 aromatic rings. The molecule has 2 aliphatic heterocycles. The van der Waals surface area contributed by atoms with Crippen LogP contribution < -0.4 is 5.32 Å². The van der Waals surface area contributed by atoms with Gasteiger partial charge in [0.05, 0.1) is 11.1 Å². The zero-order valence-corrected chi connectivity index (χ0v) is 18.0. The smallest absolute Gasteiger partial charge is 0.253 e. The van der Waals surface area contributed by atoms with Crippen molar-refractivity contribution < 1.29 is 4.79 Å². The molecule has 2 N–H and O–H groups in total. The molecule has 1 aromatic heterocycles. The van der Waals surface area contributed by atoms with Gasteiger partial charge >= 0.3 is 0 Å². The summed E-state index contributed by atoms with van der Waals surface area (Å²) >= 11 is 0. The van der Waals surface area contributed by atoms with Gasteiger partial charge in [-0.25, -0.2) is 0 Å². The summed E-state index contributed by atoms with van der Waals surface area (Å²) in [5.74, 6) is 0.590. The van der Waals surface area contributed by atoms with Crippen molar-refractivity contribution in [2.75, 3.05) is 32.7 Å². The van der Waals surface area contributed by atoms with Crippen molar-refractivity contribution >= 4 is 16.8 Å². The molecule has 0 unspecified atom stereocenters. The lowest BCUT2D eigenvalue weighted by atomic mass is 9.87. The van der Waals surface area contributed by atoms with E-state index in [4.69, 9.17) is 0 Å². The van der Waals surface area contributed by atoms with Gasteiger partial charge in [-0.2, -0.15) is 0 Å². The summed E-state index contributed by atoms with van der Waals surface area (Å²) in [6.45, 7) is 10.5. The summed E-state index contributed by atoms with van der Waals surface area (Å²) < 4.78 is 0. The lowest BCUT2D eigenvalue weighted by Crippen LogP contribution is -2.55. The molecule has 0 aliphatic carbocycles. The summed E-state index contributed by atoms with van der Waals surface area (Å²) in [7, 11) is 0. The van der Waals surface area contributed by atoms with Crippen molar-refractivity contribution in [3.63, 3.8) is 0 Å². The highest BCUT2D eigenvalue weighted by Crippen LogP contribution is 2.27. The van der Waals surface area contributed by atoms with E-state index in [0.717, 1.165) is 48.4 Å². The molecule has 2 atom stereocenters. The highest BCUT2D eigenvalue weighted by atomic mass is 16.1. The average Bonchev–Trinajstić information content (AvgIpc) is 3.24. The Balaban J connectivity index is 1.36. The average molecular weight is 397 g/mol. The first-order chi connectivity index (χ1) is 14.2. The first kappa shape index (κ1) is 20.4. The molecule has 0 radical (unpaired) electrons. The van der Waals surface area contributed by atoms with E-state index in [9.17, 15) is 4.79 Å². The molecule has 1 amide bonds. The van der Waals surface area contributed by atoms with E-state index < -0.39 is 0 Å². The first-order valence-corrected chi connectivity index (χ1v) is 11.5. The van der Waals surface area contributed by atoms with Gasteiger partial charge in [-0.1, -0.05) is 32.4 Å². The number of hydrogen-bond donors (Lipinski definition) is 2. The van der Waals surface area contributed by atoms with Gasteiger partial charge in [-0.3, -0.25) is 9.69 Å². The number of para-hydroxylation sites is 1. The van der Waals surface area contributed by atoms with Crippen LogP contribution in [0, 0.1) is 5.92 Å². The predicted octanol–water partition coefficient (Wildman–Crippen LogP) is 3.87. The zero-order chi connectivity index (χ0) is 20.2. The maximum absolute atomic E-state index is 13.0. The second-order valence-electron chi connectivity index (χ2n) is 8.85. The molecular weight excluding hydrogens is 360 g/mol. The molecule has 3 heterocycles. The lowest BCUT2D eigenvalue weighted by Gasteiger charge is -2.45. The number of aromatic amines is 1. The topological polar surface area (TPSA) is 51.4 Å². The van der Waals surface area contributed by atoms with Crippen molar-refractivity contribution in [1.82, 2.24) is 20.1 Å². The number of hydrogen-bond acceptors (Lipinski definition) is 3. The number of nitrogens with one attached hydrogen (secondary N) is 2. The molecule has 1 aromatic carbocycles. The van der Waals surface area contributed by atoms with Crippen molar-refractivity contribution in [1.29, 1.82) is 0 Å². The van der Waals surface area contributed by atoms with Gasteiger partial charge < -0.3 is 15.2 Å². The monoisotopic (exact) mass is 396 g/mol. The third-order valence-corrected chi connectivity index (χ3v) is 7.05. The van der Waals surface area contributed by atoms with Crippen LogP contribution in [-0.4, -0.2) is 65.5 Å². The minimum atomic E-state index is 0.0582. The van der Waals surface area contributed by atoms with Crippen LogP contribution in [0.5, 0.6) is 0 Å². The fourth-order valence-electron chi connectivity index (χ4n) is 5.34. The maximum Gasteiger partial charge on any atom is 0.253 e. The number of carbonyl (C=O) groups excluding carboxylic acids is 1. The molecule has 2 aliphatic rings. The van der Waals surface area contributed by atoms with Crippen LogP contribution in [0.3, 0.4) is 0 Å². The van der Waals surface area contributed by atoms with Crippen LogP contribution in [0.1, 0.15) is 56.3 Å². The standard InChI is InChI=1S/C24H36N4O/c1-3-13-27-14-9-20(10-15-27)28-16-11-22(18(4-2)17-28)26-24(29)21-7-5-6-19-8-12-25-23(19)21/h5-8,12,18,20,22,25H,3-4,9-11,13-17H2,1-2H3,(H,26,29)/t18-,22+/m1/s1. The number of fused-ring (bicyclic) bond motifs is 1. The summed E-state index contributed by atoms with van der Waals surface area (Å²) in [6.07, 6.45) is 7.91. The van der Waals surface area contributed by atoms with E-state index in [0.29, 0.717) is 5.92 Å².